The summed E-state index contributed by atoms with van der Waals surface area (Å²) in [5.41, 5.74) is -0.350. The lowest BCUT2D eigenvalue weighted by atomic mass is 10.2. The maximum atomic E-state index is 12.8. The van der Waals surface area contributed by atoms with Gasteiger partial charge in [-0.1, -0.05) is 6.07 Å². The van der Waals surface area contributed by atoms with E-state index in [9.17, 15) is 9.18 Å². The maximum Gasteiger partial charge on any atom is 0.338 e. The maximum absolute atomic E-state index is 12.8. The lowest BCUT2D eigenvalue weighted by molar-refractivity contribution is 0.0691. The molecular weight excluding hydrogens is 167 g/mol. The molecule has 4 heteroatoms. The van der Waals surface area contributed by atoms with Crippen LogP contribution in [0.25, 0.3) is 0 Å². The summed E-state index contributed by atoms with van der Waals surface area (Å²) in [4.78, 5) is 10.3. The summed E-state index contributed by atoms with van der Waals surface area (Å²) in [6.07, 6.45) is 0. The van der Waals surface area contributed by atoms with Crippen LogP contribution < -0.4 is 0 Å². The van der Waals surface area contributed by atoms with Crippen LogP contribution in [0.5, 0.6) is 0 Å². The van der Waals surface area contributed by atoms with E-state index in [4.69, 9.17) is 5.11 Å². The van der Waals surface area contributed by atoms with Gasteiger partial charge in [-0.2, -0.15) is 0 Å². The van der Waals surface area contributed by atoms with Crippen molar-refractivity contribution >= 4 is 18.6 Å². The highest BCUT2D eigenvalue weighted by Crippen LogP contribution is 2.15. The summed E-state index contributed by atoms with van der Waals surface area (Å²) in [7, 11) is 0. The van der Waals surface area contributed by atoms with E-state index in [1.807, 2.05) is 0 Å². The van der Waals surface area contributed by atoms with Crippen molar-refractivity contribution in [3.05, 3.63) is 29.6 Å². The standard InChI is InChI=1S/C7H5FO2S/c8-6-4(7(9)10)2-1-3-5(6)11/h1-3,11H,(H,9,10). The summed E-state index contributed by atoms with van der Waals surface area (Å²) in [5.74, 6) is -2.07. The predicted molar refractivity (Wildman–Crippen MR) is 40.6 cm³/mol. The molecule has 0 atom stereocenters. The first-order chi connectivity index (χ1) is 5.13. The minimum absolute atomic E-state index is 0.0462. The Morgan fingerprint density at radius 2 is 2.18 bits per heavy atom. The smallest absolute Gasteiger partial charge is 0.338 e. The van der Waals surface area contributed by atoms with E-state index in [1.165, 1.54) is 18.2 Å². The molecule has 1 N–H and O–H groups in total. The fourth-order valence-corrected chi connectivity index (χ4v) is 0.891. The van der Waals surface area contributed by atoms with Crippen LogP contribution in [0, 0.1) is 5.82 Å². The lowest BCUT2D eigenvalue weighted by Gasteiger charge is -1.97. The number of hydrogen-bond acceptors (Lipinski definition) is 2. The SMILES string of the molecule is O=C(O)c1cccc(S)c1F. The third-order valence-electron chi connectivity index (χ3n) is 1.21. The highest BCUT2D eigenvalue weighted by molar-refractivity contribution is 7.80. The number of rotatable bonds is 1. The molecule has 2 nitrogen and oxygen atoms in total. The Labute approximate surface area is 68.1 Å². The molecule has 1 aromatic rings. The second-order valence-corrected chi connectivity index (χ2v) is 2.43. The first-order valence-electron chi connectivity index (χ1n) is 2.83. The summed E-state index contributed by atoms with van der Waals surface area (Å²) in [6, 6.07) is 4.02. The molecule has 0 aliphatic carbocycles. The number of aromatic carboxylic acids is 1. The Kier molecular flexibility index (Phi) is 2.14. The van der Waals surface area contributed by atoms with E-state index in [0.29, 0.717) is 0 Å². The number of carboxylic acids is 1. The predicted octanol–water partition coefficient (Wildman–Crippen LogP) is 1.81. The van der Waals surface area contributed by atoms with Gasteiger partial charge in [0.2, 0.25) is 0 Å². The van der Waals surface area contributed by atoms with Crippen molar-refractivity contribution in [2.24, 2.45) is 0 Å². The Morgan fingerprint density at radius 3 is 2.64 bits per heavy atom. The van der Waals surface area contributed by atoms with Crippen LogP contribution in [0.2, 0.25) is 0 Å². The van der Waals surface area contributed by atoms with Crippen LogP contribution in [0.3, 0.4) is 0 Å². The second kappa shape index (κ2) is 2.92. The van der Waals surface area contributed by atoms with Gasteiger partial charge >= 0.3 is 5.97 Å². The molecule has 0 aromatic heterocycles. The first kappa shape index (κ1) is 8.07. The van der Waals surface area contributed by atoms with E-state index < -0.39 is 11.8 Å². The zero-order valence-corrected chi connectivity index (χ0v) is 6.31. The van der Waals surface area contributed by atoms with Gasteiger partial charge in [0.15, 0.2) is 5.82 Å². The van der Waals surface area contributed by atoms with Crippen LogP contribution in [0.4, 0.5) is 4.39 Å². The van der Waals surface area contributed by atoms with E-state index in [2.05, 4.69) is 12.6 Å². The zero-order chi connectivity index (χ0) is 8.43. The van der Waals surface area contributed by atoms with E-state index in [1.54, 1.807) is 0 Å². The van der Waals surface area contributed by atoms with Crippen LogP contribution in [0.1, 0.15) is 10.4 Å². The highest BCUT2D eigenvalue weighted by Gasteiger charge is 2.10. The largest absolute Gasteiger partial charge is 0.478 e. The zero-order valence-electron chi connectivity index (χ0n) is 5.41. The molecule has 58 valence electrons. The number of halogens is 1. The first-order valence-corrected chi connectivity index (χ1v) is 3.28. The molecule has 0 amide bonds. The van der Waals surface area contributed by atoms with Gasteiger partial charge in [0.05, 0.1) is 5.56 Å². The van der Waals surface area contributed by atoms with Crippen molar-refractivity contribution in [2.45, 2.75) is 4.90 Å². The number of carbonyl (C=O) groups is 1. The Morgan fingerprint density at radius 1 is 1.55 bits per heavy atom. The van der Waals surface area contributed by atoms with Crippen molar-refractivity contribution < 1.29 is 14.3 Å². The Hall–Kier alpha value is -1.03. The van der Waals surface area contributed by atoms with Crippen molar-refractivity contribution in [3.63, 3.8) is 0 Å². The fourth-order valence-electron chi connectivity index (χ4n) is 0.685. The van der Waals surface area contributed by atoms with Gasteiger partial charge in [-0.05, 0) is 12.1 Å². The average molecular weight is 172 g/mol. The van der Waals surface area contributed by atoms with Gasteiger partial charge in [0, 0.05) is 4.90 Å². The van der Waals surface area contributed by atoms with Gasteiger partial charge in [0.25, 0.3) is 0 Å². The van der Waals surface area contributed by atoms with Crippen LogP contribution in [-0.4, -0.2) is 11.1 Å². The summed E-state index contributed by atoms with van der Waals surface area (Å²) < 4.78 is 12.8. The van der Waals surface area contributed by atoms with Gasteiger partial charge < -0.3 is 5.11 Å². The normalized spacial score (nSPS) is 9.64. The van der Waals surface area contributed by atoms with Gasteiger partial charge in [0.1, 0.15) is 0 Å². The van der Waals surface area contributed by atoms with Crippen molar-refractivity contribution in [1.29, 1.82) is 0 Å². The third-order valence-corrected chi connectivity index (χ3v) is 1.55. The molecule has 0 heterocycles. The van der Waals surface area contributed by atoms with Gasteiger partial charge in [-0.3, -0.25) is 0 Å². The molecule has 1 aromatic carbocycles. The van der Waals surface area contributed by atoms with E-state index in [-0.39, 0.29) is 10.5 Å². The van der Waals surface area contributed by atoms with E-state index in [0.717, 1.165) is 0 Å². The van der Waals surface area contributed by atoms with E-state index >= 15 is 0 Å². The topological polar surface area (TPSA) is 37.3 Å². The quantitative estimate of drug-likeness (QED) is 0.634. The molecule has 0 aliphatic heterocycles. The fraction of sp³-hybridized carbons (Fsp3) is 0. The minimum atomic E-state index is -1.28. The molecular formula is C7H5FO2S. The second-order valence-electron chi connectivity index (χ2n) is 1.94. The van der Waals surface area contributed by atoms with Crippen LogP contribution in [0.15, 0.2) is 23.1 Å². The molecule has 0 unspecified atom stereocenters. The minimum Gasteiger partial charge on any atom is -0.478 e. The average Bonchev–Trinajstić information content (AvgIpc) is 1.94. The van der Waals surface area contributed by atoms with Gasteiger partial charge in [-0.25, -0.2) is 9.18 Å². The molecule has 0 saturated heterocycles. The molecule has 0 fully saturated rings. The highest BCUT2D eigenvalue weighted by atomic mass is 32.1. The summed E-state index contributed by atoms with van der Waals surface area (Å²) >= 11 is 3.72. The number of benzene rings is 1. The molecule has 0 aliphatic rings. The molecule has 0 bridgehead atoms. The summed E-state index contributed by atoms with van der Waals surface area (Å²) in [6.45, 7) is 0. The summed E-state index contributed by atoms with van der Waals surface area (Å²) in [5, 5.41) is 8.42. The molecule has 0 radical (unpaired) electrons. The molecule has 0 saturated carbocycles. The monoisotopic (exact) mass is 172 g/mol. The molecule has 1 rings (SSSR count). The Bertz CT molecular complexity index is 298. The van der Waals surface area contributed by atoms with Crippen molar-refractivity contribution in [2.75, 3.05) is 0 Å². The van der Waals surface area contributed by atoms with Gasteiger partial charge in [-0.15, -0.1) is 12.6 Å². The Balaban J connectivity index is 3.27. The van der Waals surface area contributed by atoms with Crippen LogP contribution in [-0.2, 0) is 0 Å². The van der Waals surface area contributed by atoms with Crippen LogP contribution >= 0.6 is 12.6 Å². The molecule has 11 heavy (non-hydrogen) atoms. The number of thiol groups is 1. The third kappa shape index (κ3) is 1.51. The number of hydrogen-bond donors (Lipinski definition) is 2. The van der Waals surface area contributed by atoms with Crippen molar-refractivity contribution in [3.8, 4) is 0 Å². The molecule has 0 spiro atoms. The van der Waals surface area contributed by atoms with Crippen molar-refractivity contribution in [1.82, 2.24) is 0 Å². The lowest BCUT2D eigenvalue weighted by Crippen LogP contribution is -2.00. The number of carboxylic acid groups (broad SMARTS) is 1.